The van der Waals surface area contributed by atoms with Gasteiger partial charge in [-0.1, -0.05) is 0 Å². The van der Waals surface area contributed by atoms with Crippen LogP contribution in [0.15, 0.2) is 46.9 Å². The summed E-state index contributed by atoms with van der Waals surface area (Å²) in [7, 11) is 1.75. The SMILES string of the molecule is C[C@H]1CN(C2=CC(=O)C3C(=C2)NNC3=Nc2cc(F)c3nn(C)cc3c2)C[C@H](C)N1. The Morgan fingerprint density at radius 3 is 2.70 bits per heavy atom. The highest BCUT2D eigenvalue weighted by Crippen LogP contribution is 2.29. The van der Waals surface area contributed by atoms with Crippen molar-refractivity contribution in [2.45, 2.75) is 25.9 Å². The number of hydrogen-bond donors (Lipinski definition) is 3. The predicted octanol–water partition coefficient (Wildman–Crippen LogP) is 1.50. The van der Waals surface area contributed by atoms with Crippen LogP contribution < -0.4 is 16.2 Å². The van der Waals surface area contributed by atoms with Gasteiger partial charge in [-0.2, -0.15) is 5.10 Å². The van der Waals surface area contributed by atoms with Crippen LogP contribution in [0.1, 0.15) is 13.8 Å². The number of ketones is 1. The molecule has 2 aliphatic heterocycles. The molecule has 3 N–H and O–H groups in total. The van der Waals surface area contributed by atoms with Gasteiger partial charge >= 0.3 is 0 Å². The summed E-state index contributed by atoms with van der Waals surface area (Å²) in [6, 6.07) is 3.80. The number of carbonyl (C=O) groups is 1. The van der Waals surface area contributed by atoms with Crippen LogP contribution >= 0.6 is 0 Å². The second-order valence-electron chi connectivity index (χ2n) is 8.29. The second-order valence-corrected chi connectivity index (χ2v) is 8.29. The third-order valence-electron chi connectivity index (χ3n) is 5.63. The van der Waals surface area contributed by atoms with Crippen LogP contribution in [0.25, 0.3) is 10.9 Å². The maximum absolute atomic E-state index is 14.4. The van der Waals surface area contributed by atoms with Gasteiger partial charge in [0, 0.05) is 61.6 Å². The van der Waals surface area contributed by atoms with Crippen LogP contribution in [0.3, 0.4) is 0 Å². The van der Waals surface area contributed by atoms with E-state index in [2.05, 4.69) is 45.0 Å². The lowest BCUT2D eigenvalue weighted by Crippen LogP contribution is -2.53. The van der Waals surface area contributed by atoms with Crippen molar-refractivity contribution in [2.24, 2.45) is 18.0 Å². The summed E-state index contributed by atoms with van der Waals surface area (Å²) in [5, 5.41) is 8.28. The van der Waals surface area contributed by atoms with E-state index in [-0.39, 0.29) is 5.78 Å². The number of aromatic nitrogens is 2. The van der Waals surface area contributed by atoms with Gasteiger partial charge in [-0.05, 0) is 26.0 Å². The summed E-state index contributed by atoms with van der Waals surface area (Å²) >= 11 is 0. The molecular weight excluding hydrogens is 385 g/mol. The molecule has 0 spiro atoms. The number of rotatable bonds is 2. The van der Waals surface area contributed by atoms with Crippen LogP contribution in [-0.4, -0.2) is 51.5 Å². The van der Waals surface area contributed by atoms with Crippen molar-refractivity contribution < 1.29 is 9.18 Å². The Balaban J connectivity index is 1.43. The standard InChI is InChI=1S/C21H24FN7O/c1-11-8-29(9-12(2)23-11)15-6-17-19(18(30)7-15)21(26-25-17)24-14-4-13-10-28(3)27-20(13)16(22)5-14/h4-7,10-12,19,23,25H,8-9H2,1-3H3,(H,24,26)/t11-,12-,19?/m0/s1. The maximum atomic E-state index is 14.4. The first-order chi connectivity index (χ1) is 14.4. The maximum Gasteiger partial charge on any atom is 0.174 e. The van der Waals surface area contributed by atoms with Crippen molar-refractivity contribution >= 4 is 28.2 Å². The molecule has 156 valence electrons. The molecule has 3 heterocycles. The van der Waals surface area contributed by atoms with E-state index in [0.717, 1.165) is 24.5 Å². The quantitative estimate of drug-likeness (QED) is 0.697. The number of amidine groups is 1. The summed E-state index contributed by atoms with van der Waals surface area (Å²) in [5.74, 6) is -0.542. The zero-order valence-corrected chi connectivity index (χ0v) is 17.1. The van der Waals surface area contributed by atoms with Crippen molar-refractivity contribution in [3.63, 3.8) is 0 Å². The Hall–Kier alpha value is -3.20. The summed E-state index contributed by atoms with van der Waals surface area (Å²) in [5.41, 5.74) is 8.48. The zero-order chi connectivity index (χ0) is 21.0. The molecule has 0 amide bonds. The van der Waals surface area contributed by atoms with Crippen LogP contribution in [0, 0.1) is 11.7 Å². The fraction of sp³-hybridized carbons (Fsp3) is 0.381. The molecule has 5 rings (SSSR count). The van der Waals surface area contributed by atoms with Crippen molar-refractivity contribution in [1.29, 1.82) is 0 Å². The molecule has 3 aliphatic rings. The van der Waals surface area contributed by atoms with Crippen LogP contribution in [0.5, 0.6) is 0 Å². The van der Waals surface area contributed by atoms with E-state index in [1.807, 2.05) is 6.08 Å². The summed E-state index contributed by atoms with van der Waals surface area (Å²) in [6.07, 6.45) is 5.43. The Bertz CT molecular complexity index is 1120. The molecular formula is C21H24FN7O. The molecule has 3 atom stereocenters. The lowest BCUT2D eigenvalue weighted by molar-refractivity contribution is -0.115. The number of piperazine rings is 1. The molecule has 0 radical (unpaired) electrons. The summed E-state index contributed by atoms with van der Waals surface area (Å²) < 4.78 is 15.9. The highest BCUT2D eigenvalue weighted by atomic mass is 19.1. The van der Waals surface area contributed by atoms with Gasteiger partial charge in [0.05, 0.1) is 11.4 Å². The smallest absolute Gasteiger partial charge is 0.174 e. The van der Waals surface area contributed by atoms with Crippen molar-refractivity contribution in [2.75, 3.05) is 13.1 Å². The minimum absolute atomic E-state index is 0.0412. The largest absolute Gasteiger partial charge is 0.368 e. The Morgan fingerprint density at radius 2 is 1.93 bits per heavy atom. The number of halogens is 1. The molecule has 0 saturated carbocycles. The van der Waals surface area contributed by atoms with Crippen molar-refractivity contribution in [1.82, 2.24) is 30.8 Å². The first kappa shape index (κ1) is 18.8. The minimum atomic E-state index is -0.529. The fourth-order valence-corrected chi connectivity index (χ4v) is 4.48. The van der Waals surface area contributed by atoms with Gasteiger partial charge in [0.25, 0.3) is 0 Å². The molecule has 0 bridgehead atoms. The molecule has 2 saturated heterocycles. The summed E-state index contributed by atoms with van der Waals surface area (Å²) in [4.78, 5) is 19.7. The normalized spacial score (nSPS) is 27.6. The van der Waals surface area contributed by atoms with Crippen LogP contribution in [0.2, 0.25) is 0 Å². The monoisotopic (exact) mass is 409 g/mol. The van der Waals surface area contributed by atoms with Crippen molar-refractivity contribution in [3.05, 3.63) is 47.7 Å². The van der Waals surface area contributed by atoms with Gasteiger partial charge in [-0.25, -0.2) is 9.38 Å². The molecule has 30 heavy (non-hydrogen) atoms. The Kier molecular flexibility index (Phi) is 4.35. The van der Waals surface area contributed by atoms with Crippen LogP contribution in [0.4, 0.5) is 10.1 Å². The molecule has 1 aliphatic carbocycles. The van der Waals surface area contributed by atoms with Crippen molar-refractivity contribution in [3.8, 4) is 0 Å². The van der Waals surface area contributed by atoms with E-state index < -0.39 is 11.7 Å². The molecule has 1 unspecified atom stereocenters. The van der Waals surface area contributed by atoms with E-state index in [0.29, 0.717) is 34.5 Å². The highest BCUT2D eigenvalue weighted by Gasteiger charge is 2.37. The van der Waals surface area contributed by atoms with E-state index >= 15 is 0 Å². The minimum Gasteiger partial charge on any atom is -0.368 e. The molecule has 2 aromatic rings. The second kappa shape index (κ2) is 6.94. The number of fused-ring (bicyclic) bond motifs is 2. The molecule has 8 nitrogen and oxygen atoms in total. The highest BCUT2D eigenvalue weighted by molar-refractivity contribution is 6.14. The van der Waals surface area contributed by atoms with E-state index in [9.17, 15) is 9.18 Å². The number of nitrogens with one attached hydrogen (secondary N) is 3. The molecule has 1 aromatic heterocycles. The van der Waals surface area contributed by atoms with E-state index in [4.69, 9.17) is 0 Å². The number of allylic oxidation sites excluding steroid dienone is 2. The van der Waals surface area contributed by atoms with Gasteiger partial charge in [0.15, 0.2) is 11.6 Å². The number of hydrazine groups is 1. The molecule has 1 aromatic carbocycles. The Labute approximate surface area is 173 Å². The number of hydrogen-bond acceptors (Lipinski definition) is 6. The van der Waals surface area contributed by atoms with Crippen LogP contribution in [-0.2, 0) is 11.8 Å². The topological polar surface area (TPSA) is 86.6 Å². The third kappa shape index (κ3) is 3.24. The average Bonchev–Trinajstić information content (AvgIpc) is 3.24. The number of aliphatic imine (C=N–C) groups is 1. The average molecular weight is 409 g/mol. The first-order valence-corrected chi connectivity index (χ1v) is 10.1. The van der Waals surface area contributed by atoms with E-state index in [1.54, 1.807) is 30.1 Å². The summed E-state index contributed by atoms with van der Waals surface area (Å²) in [6.45, 7) is 5.97. The number of aryl methyl sites for hydroxylation is 1. The van der Waals surface area contributed by atoms with Gasteiger partial charge in [0.1, 0.15) is 17.3 Å². The van der Waals surface area contributed by atoms with Gasteiger partial charge in [0.2, 0.25) is 0 Å². The van der Waals surface area contributed by atoms with Gasteiger partial charge < -0.3 is 15.6 Å². The number of benzene rings is 1. The predicted molar refractivity (Wildman–Crippen MR) is 112 cm³/mol. The zero-order valence-electron chi connectivity index (χ0n) is 17.1. The number of carbonyl (C=O) groups excluding carboxylic acids is 1. The molecule has 9 heteroatoms. The van der Waals surface area contributed by atoms with Gasteiger partial charge in [-0.3, -0.25) is 14.9 Å². The van der Waals surface area contributed by atoms with E-state index in [1.165, 1.54) is 6.07 Å². The fourth-order valence-electron chi connectivity index (χ4n) is 4.48. The first-order valence-electron chi connectivity index (χ1n) is 10.1. The lowest BCUT2D eigenvalue weighted by Gasteiger charge is -2.39. The third-order valence-corrected chi connectivity index (χ3v) is 5.63. The number of nitrogens with zero attached hydrogens (tertiary/aromatic N) is 4. The molecule has 2 fully saturated rings. The van der Waals surface area contributed by atoms with Gasteiger partial charge in [-0.15, -0.1) is 0 Å². The Morgan fingerprint density at radius 1 is 1.17 bits per heavy atom. The lowest BCUT2D eigenvalue weighted by atomic mass is 9.93.